The van der Waals surface area contributed by atoms with Gasteiger partial charge in [0.15, 0.2) is 5.69 Å². The molecule has 1 N–H and O–H groups in total. The number of benzene rings is 2. The lowest BCUT2D eigenvalue weighted by molar-refractivity contribution is -0.137. The van der Waals surface area contributed by atoms with Crippen molar-refractivity contribution in [2.75, 3.05) is 12.4 Å². The van der Waals surface area contributed by atoms with E-state index in [-0.39, 0.29) is 17.1 Å². The van der Waals surface area contributed by atoms with Gasteiger partial charge in [0.25, 0.3) is 5.91 Å². The van der Waals surface area contributed by atoms with Crippen LogP contribution in [0.2, 0.25) is 0 Å². The zero-order valence-electron chi connectivity index (χ0n) is 15.6. The topological polar surface area (TPSA) is 68.5 Å². The number of alkyl halides is 3. The molecule has 0 fully saturated rings. The number of halogens is 3. The van der Waals surface area contributed by atoms with Gasteiger partial charge in [-0.2, -0.15) is 18.3 Å². The zero-order valence-corrected chi connectivity index (χ0v) is 15.6. The van der Waals surface area contributed by atoms with Crippen molar-refractivity contribution in [1.29, 1.82) is 0 Å². The van der Waals surface area contributed by atoms with E-state index in [2.05, 4.69) is 15.4 Å². The summed E-state index contributed by atoms with van der Waals surface area (Å²) in [4.78, 5) is 16.9. The zero-order chi connectivity index (χ0) is 21.0. The van der Waals surface area contributed by atoms with Crippen molar-refractivity contribution in [3.63, 3.8) is 0 Å². The largest absolute Gasteiger partial charge is 0.497 e. The highest BCUT2D eigenvalue weighted by Gasteiger charge is 2.30. The van der Waals surface area contributed by atoms with Crippen LogP contribution in [0.4, 0.5) is 24.5 Å². The molecule has 0 spiro atoms. The molecule has 0 saturated heterocycles. The Bertz CT molecular complexity index is 1040. The average molecular weight is 402 g/mol. The van der Waals surface area contributed by atoms with Crippen molar-refractivity contribution >= 4 is 23.5 Å². The molecular formula is C20H17F3N4O2. The van der Waals surface area contributed by atoms with Gasteiger partial charge in [0.05, 0.1) is 18.9 Å². The Hall–Kier alpha value is -3.62. The first-order valence-electron chi connectivity index (χ1n) is 8.46. The Balaban J connectivity index is 1.81. The number of rotatable bonds is 5. The number of carbonyl (C=O) groups excluding carboxylic acids is 1. The van der Waals surface area contributed by atoms with Gasteiger partial charge in [0, 0.05) is 18.9 Å². The van der Waals surface area contributed by atoms with Gasteiger partial charge < -0.3 is 10.1 Å². The number of ether oxygens (including phenoxy) is 1. The number of aryl methyl sites for hydroxylation is 1. The third-order valence-electron chi connectivity index (χ3n) is 4.05. The van der Waals surface area contributed by atoms with Crippen molar-refractivity contribution < 1.29 is 22.7 Å². The molecule has 0 aliphatic heterocycles. The maximum atomic E-state index is 12.9. The molecule has 0 bridgehead atoms. The molecule has 0 radical (unpaired) electrons. The van der Waals surface area contributed by atoms with Crippen molar-refractivity contribution in [2.45, 2.75) is 6.18 Å². The van der Waals surface area contributed by atoms with Gasteiger partial charge in [-0.15, -0.1) is 0 Å². The van der Waals surface area contributed by atoms with Gasteiger partial charge in [-0.3, -0.25) is 14.5 Å². The molecule has 1 aromatic heterocycles. The van der Waals surface area contributed by atoms with Crippen LogP contribution in [0.1, 0.15) is 21.6 Å². The highest BCUT2D eigenvalue weighted by atomic mass is 19.4. The number of hydrogen-bond donors (Lipinski definition) is 1. The second kappa shape index (κ2) is 8.17. The van der Waals surface area contributed by atoms with E-state index in [1.807, 2.05) is 0 Å². The fourth-order valence-corrected chi connectivity index (χ4v) is 2.58. The number of carbonyl (C=O) groups is 1. The molecule has 0 aliphatic rings. The Morgan fingerprint density at radius 3 is 2.59 bits per heavy atom. The van der Waals surface area contributed by atoms with Gasteiger partial charge in [-0.1, -0.05) is 6.07 Å². The smallest absolute Gasteiger partial charge is 0.416 e. The molecule has 0 aliphatic carbocycles. The maximum absolute atomic E-state index is 12.9. The van der Waals surface area contributed by atoms with E-state index >= 15 is 0 Å². The minimum Gasteiger partial charge on any atom is -0.497 e. The van der Waals surface area contributed by atoms with E-state index in [9.17, 15) is 18.0 Å². The number of anilines is 1. The molecule has 0 saturated carbocycles. The van der Waals surface area contributed by atoms with Crippen LogP contribution >= 0.6 is 0 Å². The molecular weight excluding hydrogens is 385 g/mol. The molecule has 3 aromatic rings. The lowest BCUT2D eigenvalue weighted by atomic mass is 10.2. The molecule has 9 heteroatoms. The predicted molar refractivity (Wildman–Crippen MR) is 103 cm³/mol. The summed E-state index contributed by atoms with van der Waals surface area (Å²) in [6.07, 6.45) is -1.54. The second-order valence-electron chi connectivity index (χ2n) is 6.07. The second-order valence-corrected chi connectivity index (χ2v) is 6.07. The SMILES string of the molecule is COc1ccc(C=Nc2cnn(C)c2C(=O)Nc2cccc(C(F)(F)F)c2)cc1. The van der Waals surface area contributed by atoms with Crippen LogP contribution in [0.5, 0.6) is 5.75 Å². The predicted octanol–water partition coefficient (Wildman–Crippen LogP) is 4.45. The Morgan fingerprint density at radius 2 is 1.93 bits per heavy atom. The first-order valence-corrected chi connectivity index (χ1v) is 8.46. The maximum Gasteiger partial charge on any atom is 0.416 e. The fourth-order valence-electron chi connectivity index (χ4n) is 2.58. The molecule has 0 unspecified atom stereocenters. The summed E-state index contributed by atoms with van der Waals surface area (Å²) in [5.41, 5.74) is 0.355. The van der Waals surface area contributed by atoms with Crippen LogP contribution in [0.3, 0.4) is 0 Å². The number of aliphatic imine (C=N–C) groups is 1. The number of amides is 1. The van der Waals surface area contributed by atoms with Crippen LogP contribution in [-0.4, -0.2) is 29.0 Å². The fraction of sp³-hybridized carbons (Fsp3) is 0.150. The minimum absolute atomic E-state index is 0.0242. The van der Waals surface area contributed by atoms with Crippen LogP contribution in [0.25, 0.3) is 0 Å². The Morgan fingerprint density at radius 1 is 1.21 bits per heavy atom. The van der Waals surface area contributed by atoms with E-state index in [1.54, 1.807) is 44.6 Å². The number of nitrogens with one attached hydrogen (secondary N) is 1. The molecule has 150 valence electrons. The molecule has 1 amide bonds. The summed E-state index contributed by atoms with van der Waals surface area (Å²) in [6, 6.07) is 11.5. The molecule has 29 heavy (non-hydrogen) atoms. The van der Waals surface area contributed by atoms with Gasteiger partial charge in [-0.25, -0.2) is 0 Å². The highest BCUT2D eigenvalue weighted by molar-refractivity contribution is 6.06. The molecule has 3 rings (SSSR count). The normalized spacial score (nSPS) is 11.6. The van der Waals surface area contributed by atoms with Crippen molar-refractivity contribution in [2.24, 2.45) is 12.0 Å². The first-order chi connectivity index (χ1) is 13.8. The number of hydrogen-bond acceptors (Lipinski definition) is 4. The van der Waals surface area contributed by atoms with Gasteiger partial charge in [0.2, 0.25) is 0 Å². The van der Waals surface area contributed by atoms with Crippen molar-refractivity contribution in [1.82, 2.24) is 9.78 Å². The molecule has 2 aromatic carbocycles. The van der Waals surface area contributed by atoms with E-state index in [0.717, 1.165) is 17.7 Å². The first kappa shape index (κ1) is 20.1. The number of aromatic nitrogens is 2. The summed E-state index contributed by atoms with van der Waals surface area (Å²) in [7, 11) is 3.11. The monoisotopic (exact) mass is 402 g/mol. The highest BCUT2D eigenvalue weighted by Crippen LogP contribution is 2.31. The summed E-state index contributed by atoms with van der Waals surface area (Å²) in [5, 5.41) is 6.48. The Labute approximate surface area is 164 Å². The van der Waals surface area contributed by atoms with Crippen LogP contribution in [0, 0.1) is 0 Å². The van der Waals surface area contributed by atoms with Crippen molar-refractivity contribution in [3.8, 4) is 5.75 Å². The quantitative estimate of drug-likeness (QED) is 0.641. The van der Waals surface area contributed by atoms with E-state index < -0.39 is 17.6 Å². The lowest BCUT2D eigenvalue weighted by Gasteiger charge is -2.10. The van der Waals surface area contributed by atoms with Crippen molar-refractivity contribution in [3.05, 3.63) is 71.5 Å². The van der Waals surface area contributed by atoms with E-state index in [4.69, 9.17) is 4.74 Å². The van der Waals surface area contributed by atoms with Gasteiger partial charge in [-0.05, 0) is 48.0 Å². The number of nitrogens with zero attached hydrogens (tertiary/aromatic N) is 3. The molecule has 1 heterocycles. The third-order valence-corrected chi connectivity index (χ3v) is 4.05. The van der Waals surface area contributed by atoms with E-state index in [0.29, 0.717) is 5.75 Å². The summed E-state index contributed by atoms with van der Waals surface area (Å²) < 4.78 is 45.0. The third kappa shape index (κ3) is 4.81. The van der Waals surface area contributed by atoms with Gasteiger partial charge >= 0.3 is 6.18 Å². The Kier molecular flexibility index (Phi) is 5.67. The summed E-state index contributed by atoms with van der Waals surface area (Å²) in [5.74, 6) is 0.0795. The van der Waals surface area contributed by atoms with Crippen LogP contribution in [0.15, 0.2) is 59.7 Å². The summed E-state index contributed by atoms with van der Waals surface area (Å²) in [6.45, 7) is 0. The lowest BCUT2D eigenvalue weighted by Crippen LogP contribution is -2.17. The minimum atomic E-state index is -4.50. The standard InChI is InChI=1S/C20H17F3N4O2/c1-27-18(19(28)26-15-5-3-4-14(10-15)20(21,22)23)17(12-25-27)24-11-13-6-8-16(29-2)9-7-13/h3-12H,1-2H3,(H,26,28). The molecule has 0 atom stereocenters. The number of methoxy groups -OCH3 is 1. The van der Waals surface area contributed by atoms with Crippen LogP contribution < -0.4 is 10.1 Å². The van der Waals surface area contributed by atoms with Gasteiger partial charge in [0.1, 0.15) is 11.4 Å². The molecule has 6 nitrogen and oxygen atoms in total. The average Bonchev–Trinajstić information content (AvgIpc) is 3.07. The van der Waals surface area contributed by atoms with Crippen LogP contribution in [-0.2, 0) is 13.2 Å². The summed E-state index contributed by atoms with van der Waals surface area (Å²) >= 11 is 0. The van der Waals surface area contributed by atoms with E-state index in [1.165, 1.54) is 23.0 Å².